The van der Waals surface area contributed by atoms with E-state index in [-0.39, 0.29) is 24.7 Å². The van der Waals surface area contributed by atoms with Crippen LogP contribution in [0.4, 0.5) is 0 Å². The van der Waals surface area contributed by atoms with Crippen molar-refractivity contribution in [1.82, 2.24) is 9.97 Å². The molecule has 0 saturated carbocycles. The van der Waals surface area contributed by atoms with Gasteiger partial charge in [-0.15, -0.1) is 0 Å². The summed E-state index contributed by atoms with van der Waals surface area (Å²) in [5.41, 5.74) is 5.10. The summed E-state index contributed by atoms with van der Waals surface area (Å²) < 4.78 is 36.9. The molecule has 262 valence electrons. The van der Waals surface area contributed by atoms with Crippen LogP contribution in [0.5, 0.6) is 23.0 Å². The summed E-state index contributed by atoms with van der Waals surface area (Å²) in [7, 11) is 4.57. The number of aromatic nitrogens is 2. The van der Waals surface area contributed by atoms with Crippen molar-refractivity contribution in [2.75, 3.05) is 21.3 Å². The lowest BCUT2D eigenvalue weighted by Crippen LogP contribution is -1.99. The van der Waals surface area contributed by atoms with Gasteiger partial charge in [-0.1, -0.05) is 0 Å². The van der Waals surface area contributed by atoms with E-state index in [0.717, 1.165) is 39.6 Å². The summed E-state index contributed by atoms with van der Waals surface area (Å²) in [4.78, 5) is 31.2. The van der Waals surface area contributed by atoms with E-state index >= 15 is 0 Å². The Hall–Kier alpha value is -6.56. The number of esters is 1. The third kappa shape index (κ3) is 9.33. The second kappa shape index (κ2) is 16.7. The number of pyridine rings is 2. The van der Waals surface area contributed by atoms with Gasteiger partial charge in [0.25, 0.3) is 0 Å². The van der Waals surface area contributed by atoms with Gasteiger partial charge in [0.2, 0.25) is 11.5 Å². The van der Waals surface area contributed by atoms with Crippen LogP contribution < -0.4 is 18.9 Å². The van der Waals surface area contributed by atoms with Crippen LogP contribution in [0.1, 0.15) is 43.8 Å². The minimum atomic E-state index is -1.10. The van der Waals surface area contributed by atoms with E-state index < -0.39 is 11.9 Å². The molecule has 0 spiro atoms. The van der Waals surface area contributed by atoms with E-state index in [0.29, 0.717) is 28.6 Å². The second-order valence-electron chi connectivity index (χ2n) is 11.0. The Balaban J connectivity index is 0.000000198. The Morgan fingerprint density at radius 3 is 1.37 bits per heavy atom. The van der Waals surface area contributed by atoms with Gasteiger partial charge >= 0.3 is 11.9 Å². The standard InChI is InChI=1S/C20H19NO5.C19H17NO5/c1-13-15(10-19(26-13)20(22)24-3)12-25-17-8-9-18(21-11-17)14-4-6-16(23-2)7-5-14;1-12-14(9-18(25-12)19(21)22)11-24-16-7-8-17(20-10-16)13-3-5-15(23-2)6-4-13/h4-11H,12H2,1-3H3;3-10H,11H2,1-2H3,(H,21,22). The molecule has 12 nitrogen and oxygen atoms in total. The van der Waals surface area contributed by atoms with E-state index in [1.54, 1.807) is 46.5 Å². The van der Waals surface area contributed by atoms with Gasteiger partial charge in [-0.2, -0.15) is 0 Å². The fourth-order valence-electron chi connectivity index (χ4n) is 4.75. The van der Waals surface area contributed by atoms with Crippen LogP contribution in [0.25, 0.3) is 22.5 Å². The Labute approximate surface area is 294 Å². The van der Waals surface area contributed by atoms with Gasteiger partial charge in [-0.25, -0.2) is 9.59 Å². The Morgan fingerprint density at radius 1 is 0.608 bits per heavy atom. The minimum Gasteiger partial charge on any atom is -0.497 e. The largest absolute Gasteiger partial charge is 0.497 e. The normalized spacial score (nSPS) is 10.5. The number of hydrogen-bond donors (Lipinski definition) is 1. The van der Waals surface area contributed by atoms with Crippen LogP contribution >= 0.6 is 0 Å². The first-order valence-electron chi connectivity index (χ1n) is 15.6. The molecule has 6 aromatic rings. The van der Waals surface area contributed by atoms with Gasteiger partial charge in [0.05, 0.1) is 45.1 Å². The van der Waals surface area contributed by atoms with Crippen molar-refractivity contribution in [3.63, 3.8) is 0 Å². The average molecular weight is 693 g/mol. The number of benzene rings is 2. The molecule has 0 saturated heterocycles. The van der Waals surface area contributed by atoms with Crippen LogP contribution in [-0.2, 0) is 18.0 Å². The van der Waals surface area contributed by atoms with Crippen LogP contribution in [0, 0.1) is 13.8 Å². The lowest BCUT2D eigenvalue weighted by Gasteiger charge is -2.07. The van der Waals surface area contributed by atoms with E-state index in [4.69, 9.17) is 32.9 Å². The lowest BCUT2D eigenvalue weighted by molar-refractivity contribution is 0.0563. The molecule has 6 rings (SSSR count). The Bertz CT molecular complexity index is 2050. The number of furan rings is 2. The maximum atomic E-state index is 11.5. The van der Waals surface area contributed by atoms with Crippen molar-refractivity contribution in [2.24, 2.45) is 0 Å². The van der Waals surface area contributed by atoms with Gasteiger partial charge in [-0.3, -0.25) is 9.97 Å². The summed E-state index contributed by atoms with van der Waals surface area (Å²) in [6.07, 6.45) is 3.29. The fraction of sp³-hybridized carbons (Fsp3) is 0.179. The number of rotatable bonds is 12. The summed E-state index contributed by atoms with van der Waals surface area (Å²) in [6.45, 7) is 3.97. The van der Waals surface area contributed by atoms with Crippen molar-refractivity contribution >= 4 is 11.9 Å². The predicted molar refractivity (Wildman–Crippen MR) is 186 cm³/mol. The minimum absolute atomic E-state index is 0.0934. The Kier molecular flexibility index (Phi) is 11.7. The highest BCUT2D eigenvalue weighted by Crippen LogP contribution is 2.25. The van der Waals surface area contributed by atoms with Crippen LogP contribution in [0.3, 0.4) is 0 Å². The fourth-order valence-corrected chi connectivity index (χ4v) is 4.75. The van der Waals surface area contributed by atoms with E-state index in [9.17, 15) is 9.59 Å². The number of carbonyl (C=O) groups excluding carboxylic acids is 1. The third-order valence-electron chi connectivity index (χ3n) is 7.67. The van der Waals surface area contributed by atoms with E-state index in [1.165, 1.54) is 13.2 Å². The molecule has 0 amide bonds. The molecule has 51 heavy (non-hydrogen) atoms. The number of hydrogen-bond acceptors (Lipinski definition) is 11. The summed E-state index contributed by atoms with van der Waals surface area (Å²) >= 11 is 0. The van der Waals surface area contributed by atoms with E-state index in [2.05, 4.69) is 14.7 Å². The molecule has 12 heteroatoms. The molecule has 0 aliphatic rings. The number of aromatic carboxylic acids is 1. The van der Waals surface area contributed by atoms with Gasteiger partial charge in [-0.05, 0) is 98.8 Å². The smallest absolute Gasteiger partial charge is 0.373 e. The molecule has 2 aromatic carbocycles. The molecule has 0 atom stereocenters. The highest BCUT2D eigenvalue weighted by molar-refractivity contribution is 5.86. The topological polar surface area (TPSA) is 153 Å². The molecule has 0 aliphatic heterocycles. The molecule has 4 aromatic heterocycles. The van der Waals surface area contributed by atoms with Gasteiger partial charge in [0, 0.05) is 22.3 Å². The van der Waals surface area contributed by atoms with Crippen molar-refractivity contribution < 1.29 is 47.2 Å². The molecule has 0 unspecified atom stereocenters. The van der Waals surface area contributed by atoms with Crippen LogP contribution in [-0.4, -0.2) is 48.3 Å². The highest BCUT2D eigenvalue weighted by atomic mass is 16.5. The first kappa shape index (κ1) is 35.7. The molecular weight excluding hydrogens is 656 g/mol. The quantitative estimate of drug-likeness (QED) is 0.124. The first-order chi connectivity index (χ1) is 24.7. The van der Waals surface area contributed by atoms with Crippen molar-refractivity contribution in [3.8, 4) is 45.5 Å². The number of carboxylic acids is 1. The Morgan fingerprint density at radius 2 is 1.02 bits per heavy atom. The number of aryl methyl sites for hydroxylation is 2. The molecule has 4 heterocycles. The van der Waals surface area contributed by atoms with Crippen molar-refractivity contribution in [3.05, 3.63) is 131 Å². The maximum absolute atomic E-state index is 11.5. The molecule has 0 radical (unpaired) electrons. The summed E-state index contributed by atoms with van der Waals surface area (Å²) in [5, 5.41) is 8.93. The number of ether oxygens (including phenoxy) is 5. The second-order valence-corrected chi connectivity index (χ2v) is 11.0. The summed E-state index contributed by atoms with van der Waals surface area (Å²) in [6, 6.07) is 25.8. The van der Waals surface area contributed by atoms with E-state index in [1.807, 2.05) is 72.8 Å². The van der Waals surface area contributed by atoms with Crippen molar-refractivity contribution in [2.45, 2.75) is 27.1 Å². The molecule has 1 N–H and O–H groups in total. The zero-order valence-electron chi connectivity index (χ0n) is 28.7. The molecule has 0 bridgehead atoms. The SMILES string of the molecule is COC(=O)c1cc(COc2ccc(-c3ccc(OC)cc3)nc2)c(C)o1.COc1ccc(-c2ccc(OCc3cc(C(=O)O)oc3C)cn2)cc1. The molecular formula is C39H36N2O10. The predicted octanol–water partition coefficient (Wildman–Crippen LogP) is 7.96. The van der Waals surface area contributed by atoms with Crippen LogP contribution in [0.2, 0.25) is 0 Å². The maximum Gasteiger partial charge on any atom is 0.373 e. The van der Waals surface area contributed by atoms with Gasteiger partial charge in [0.1, 0.15) is 47.7 Å². The number of carboxylic acid groups (broad SMARTS) is 1. The zero-order valence-corrected chi connectivity index (χ0v) is 28.7. The summed E-state index contributed by atoms with van der Waals surface area (Å²) in [5.74, 6) is 2.42. The highest BCUT2D eigenvalue weighted by Gasteiger charge is 2.16. The first-order valence-corrected chi connectivity index (χ1v) is 15.6. The average Bonchev–Trinajstić information content (AvgIpc) is 3.74. The number of carbonyl (C=O) groups is 2. The number of nitrogens with zero attached hydrogens (tertiary/aromatic N) is 2. The molecule has 0 aliphatic carbocycles. The third-order valence-corrected chi connectivity index (χ3v) is 7.67. The molecule has 0 fully saturated rings. The monoisotopic (exact) mass is 692 g/mol. The van der Waals surface area contributed by atoms with Gasteiger partial charge in [0.15, 0.2) is 0 Å². The van der Waals surface area contributed by atoms with Crippen LogP contribution in [0.15, 0.2) is 106 Å². The zero-order chi connectivity index (χ0) is 36.3. The van der Waals surface area contributed by atoms with Crippen molar-refractivity contribution in [1.29, 1.82) is 0 Å². The number of methoxy groups -OCH3 is 3. The van der Waals surface area contributed by atoms with Gasteiger partial charge < -0.3 is 37.6 Å². The lowest BCUT2D eigenvalue weighted by atomic mass is 10.1.